The van der Waals surface area contributed by atoms with E-state index in [9.17, 15) is 0 Å². The Morgan fingerprint density at radius 3 is 2.91 bits per heavy atom. The molecule has 2 aliphatic heterocycles. The summed E-state index contributed by atoms with van der Waals surface area (Å²) in [4.78, 5) is 2.53. The standard InChI is InChI=1S/C9H17NO/c1-7(2)5-10-4-3-8-9(6-10)11-8/h7-9H,3-6H2,1-2H3/t8-,9-/m0/s1. The number of likely N-dealkylation sites (tertiary alicyclic amines) is 1. The normalized spacial score (nSPS) is 37.4. The molecule has 2 fully saturated rings. The lowest BCUT2D eigenvalue weighted by atomic mass is 10.1. The third kappa shape index (κ3) is 1.74. The molecular weight excluding hydrogens is 138 g/mol. The molecule has 0 aliphatic carbocycles. The Morgan fingerprint density at radius 2 is 2.27 bits per heavy atom. The fourth-order valence-electron chi connectivity index (χ4n) is 1.93. The average Bonchev–Trinajstić information content (AvgIpc) is 2.63. The number of rotatable bonds is 2. The Hall–Kier alpha value is -0.0800. The lowest BCUT2D eigenvalue weighted by molar-refractivity contribution is 0.220. The highest BCUT2D eigenvalue weighted by atomic mass is 16.6. The van der Waals surface area contributed by atoms with E-state index in [0.29, 0.717) is 12.2 Å². The van der Waals surface area contributed by atoms with Gasteiger partial charge in [0, 0.05) is 19.6 Å². The van der Waals surface area contributed by atoms with Crippen molar-refractivity contribution >= 4 is 0 Å². The van der Waals surface area contributed by atoms with Crippen LogP contribution in [-0.4, -0.2) is 36.7 Å². The molecule has 11 heavy (non-hydrogen) atoms. The minimum atomic E-state index is 0.600. The summed E-state index contributed by atoms with van der Waals surface area (Å²) in [5.74, 6) is 0.797. The van der Waals surface area contributed by atoms with Crippen molar-refractivity contribution in [2.45, 2.75) is 32.5 Å². The SMILES string of the molecule is CC(C)CN1CC[C@@H]2O[C@H]2C1. The van der Waals surface area contributed by atoms with Crippen LogP contribution in [0.3, 0.4) is 0 Å². The van der Waals surface area contributed by atoms with Crippen LogP contribution in [0.15, 0.2) is 0 Å². The van der Waals surface area contributed by atoms with Crippen molar-refractivity contribution in [1.29, 1.82) is 0 Å². The summed E-state index contributed by atoms with van der Waals surface area (Å²) in [6.45, 7) is 8.23. The third-order valence-electron chi connectivity index (χ3n) is 2.48. The zero-order valence-corrected chi connectivity index (χ0v) is 7.42. The second-order valence-corrected chi connectivity index (χ2v) is 4.16. The summed E-state index contributed by atoms with van der Waals surface area (Å²) in [6.07, 6.45) is 2.50. The van der Waals surface area contributed by atoms with Gasteiger partial charge >= 0.3 is 0 Å². The molecule has 2 heteroatoms. The molecular formula is C9H17NO. The van der Waals surface area contributed by atoms with Crippen molar-refractivity contribution < 1.29 is 4.74 Å². The molecule has 0 bridgehead atoms. The third-order valence-corrected chi connectivity index (χ3v) is 2.48. The molecule has 0 saturated carbocycles. The molecule has 0 unspecified atom stereocenters. The molecule has 0 aromatic rings. The van der Waals surface area contributed by atoms with Gasteiger partial charge in [0.15, 0.2) is 0 Å². The molecule has 2 atom stereocenters. The highest BCUT2D eigenvalue weighted by molar-refractivity contribution is 4.92. The number of hydrogen-bond donors (Lipinski definition) is 0. The molecule has 2 nitrogen and oxygen atoms in total. The largest absolute Gasteiger partial charge is 0.368 e. The maximum absolute atomic E-state index is 5.45. The van der Waals surface area contributed by atoms with E-state index < -0.39 is 0 Å². The summed E-state index contributed by atoms with van der Waals surface area (Å²) >= 11 is 0. The van der Waals surface area contributed by atoms with E-state index in [-0.39, 0.29) is 0 Å². The van der Waals surface area contributed by atoms with Crippen molar-refractivity contribution in [3.63, 3.8) is 0 Å². The van der Waals surface area contributed by atoms with Gasteiger partial charge in [-0.1, -0.05) is 13.8 Å². The van der Waals surface area contributed by atoms with E-state index in [0.717, 1.165) is 5.92 Å². The van der Waals surface area contributed by atoms with E-state index in [1.54, 1.807) is 0 Å². The first-order valence-corrected chi connectivity index (χ1v) is 4.63. The molecule has 0 aromatic carbocycles. The molecule has 0 aromatic heterocycles. The van der Waals surface area contributed by atoms with Gasteiger partial charge in [0.05, 0.1) is 12.2 Å². The van der Waals surface area contributed by atoms with Crippen LogP contribution in [0.25, 0.3) is 0 Å². The Morgan fingerprint density at radius 1 is 1.45 bits per heavy atom. The van der Waals surface area contributed by atoms with E-state index in [2.05, 4.69) is 18.7 Å². The van der Waals surface area contributed by atoms with Crippen LogP contribution in [-0.2, 0) is 4.74 Å². The van der Waals surface area contributed by atoms with Crippen molar-refractivity contribution in [2.75, 3.05) is 19.6 Å². The smallest absolute Gasteiger partial charge is 0.0968 e. The maximum Gasteiger partial charge on any atom is 0.0968 e. The van der Waals surface area contributed by atoms with Gasteiger partial charge in [-0.15, -0.1) is 0 Å². The Bertz CT molecular complexity index is 144. The Labute approximate surface area is 68.5 Å². The van der Waals surface area contributed by atoms with Crippen molar-refractivity contribution in [1.82, 2.24) is 4.90 Å². The van der Waals surface area contributed by atoms with E-state index >= 15 is 0 Å². The monoisotopic (exact) mass is 155 g/mol. The van der Waals surface area contributed by atoms with Gasteiger partial charge in [-0.3, -0.25) is 0 Å². The summed E-state index contributed by atoms with van der Waals surface area (Å²) in [5, 5.41) is 0. The molecule has 2 heterocycles. The fourth-order valence-corrected chi connectivity index (χ4v) is 1.93. The molecule has 2 aliphatic rings. The van der Waals surface area contributed by atoms with Gasteiger partial charge in [0.25, 0.3) is 0 Å². The Kier molecular flexibility index (Phi) is 1.90. The number of epoxide rings is 1. The second kappa shape index (κ2) is 2.76. The molecule has 0 N–H and O–H groups in total. The van der Waals surface area contributed by atoms with Crippen LogP contribution < -0.4 is 0 Å². The van der Waals surface area contributed by atoms with Gasteiger partial charge in [-0.05, 0) is 12.3 Å². The van der Waals surface area contributed by atoms with Gasteiger partial charge in [0.1, 0.15) is 0 Å². The van der Waals surface area contributed by atoms with Crippen LogP contribution >= 0.6 is 0 Å². The number of nitrogens with zero attached hydrogens (tertiary/aromatic N) is 1. The van der Waals surface area contributed by atoms with Crippen LogP contribution in [0, 0.1) is 5.92 Å². The molecule has 0 amide bonds. The zero-order valence-electron chi connectivity index (χ0n) is 7.42. The molecule has 2 rings (SSSR count). The highest BCUT2D eigenvalue weighted by Crippen LogP contribution is 2.30. The van der Waals surface area contributed by atoms with Crippen LogP contribution in [0.1, 0.15) is 20.3 Å². The first-order chi connectivity index (χ1) is 5.25. The molecule has 0 spiro atoms. The topological polar surface area (TPSA) is 15.8 Å². The van der Waals surface area contributed by atoms with Crippen molar-refractivity contribution in [2.24, 2.45) is 5.92 Å². The molecule has 0 radical (unpaired) electrons. The van der Waals surface area contributed by atoms with Crippen LogP contribution in [0.4, 0.5) is 0 Å². The van der Waals surface area contributed by atoms with Gasteiger partial charge in [-0.2, -0.15) is 0 Å². The van der Waals surface area contributed by atoms with E-state index in [1.165, 1.54) is 26.1 Å². The van der Waals surface area contributed by atoms with E-state index in [4.69, 9.17) is 4.74 Å². The Balaban J connectivity index is 1.76. The minimum Gasteiger partial charge on any atom is -0.368 e. The number of piperidine rings is 1. The summed E-state index contributed by atoms with van der Waals surface area (Å²) in [5.41, 5.74) is 0. The fraction of sp³-hybridized carbons (Fsp3) is 1.00. The van der Waals surface area contributed by atoms with Crippen molar-refractivity contribution in [3.05, 3.63) is 0 Å². The highest BCUT2D eigenvalue weighted by Gasteiger charge is 2.42. The lowest BCUT2D eigenvalue weighted by Crippen LogP contribution is -2.36. The van der Waals surface area contributed by atoms with Crippen LogP contribution in [0.2, 0.25) is 0 Å². The zero-order chi connectivity index (χ0) is 7.84. The first-order valence-electron chi connectivity index (χ1n) is 4.63. The predicted octanol–water partition coefficient (Wildman–Crippen LogP) is 1.12. The predicted molar refractivity (Wildman–Crippen MR) is 44.6 cm³/mol. The van der Waals surface area contributed by atoms with E-state index in [1.807, 2.05) is 0 Å². The minimum absolute atomic E-state index is 0.600. The van der Waals surface area contributed by atoms with Crippen molar-refractivity contribution in [3.8, 4) is 0 Å². The average molecular weight is 155 g/mol. The lowest BCUT2D eigenvalue weighted by Gasteiger charge is -2.25. The second-order valence-electron chi connectivity index (χ2n) is 4.16. The molecule has 2 saturated heterocycles. The first kappa shape index (κ1) is 7.56. The number of ether oxygens (including phenoxy) is 1. The van der Waals surface area contributed by atoms with Gasteiger partial charge in [-0.25, -0.2) is 0 Å². The van der Waals surface area contributed by atoms with Crippen LogP contribution in [0.5, 0.6) is 0 Å². The maximum atomic E-state index is 5.45. The number of fused-ring (bicyclic) bond motifs is 1. The summed E-state index contributed by atoms with van der Waals surface area (Å²) < 4.78 is 5.45. The van der Waals surface area contributed by atoms with Gasteiger partial charge < -0.3 is 9.64 Å². The molecule has 64 valence electrons. The quantitative estimate of drug-likeness (QED) is 0.555. The number of hydrogen-bond acceptors (Lipinski definition) is 2. The summed E-state index contributed by atoms with van der Waals surface area (Å²) in [6, 6.07) is 0. The van der Waals surface area contributed by atoms with Gasteiger partial charge in [0.2, 0.25) is 0 Å². The summed E-state index contributed by atoms with van der Waals surface area (Å²) in [7, 11) is 0.